The Kier molecular flexibility index (Phi) is 11.6. The number of aliphatic hydroxyl groups excluding tert-OH is 1. The number of rotatable bonds is 15. The number of benzene rings is 3. The molecule has 3 aromatic carbocycles. The van der Waals surface area contributed by atoms with Gasteiger partial charge in [0.25, 0.3) is 5.91 Å². The van der Waals surface area contributed by atoms with E-state index in [9.17, 15) is 41.9 Å². The van der Waals surface area contributed by atoms with E-state index in [1.807, 2.05) is 0 Å². The molecule has 1 aromatic heterocycles. The molecule has 53 heavy (non-hydrogen) atoms. The van der Waals surface area contributed by atoms with Crippen LogP contribution in [-0.4, -0.2) is 76.0 Å². The first-order valence-corrected chi connectivity index (χ1v) is 18.4. The van der Waals surface area contributed by atoms with Crippen LogP contribution in [0.3, 0.4) is 0 Å². The van der Waals surface area contributed by atoms with Crippen molar-refractivity contribution in [1.82, 2.24) is 16.0 Å². The third-order valence-electron chi connectivity index (χ3n) is 8.27. The van der Waals surface area contributed by atoms with Crippen LogP contribution in [0.25, 0.3) is 22.3 Å². The van der Waals surface area contributed by atoms with Gasteiger partial charge in [0.05, 0.1) is 30.7 Å². The molecule has 0 aliphatic heterocycles. The number of furan rings is 1. The van der Waals surface area contributed by atoms with Gasteiger partial charge in [-0.3, -0.25) is 23.5 Å². The number of carbonyl (C=O) groups excluding carboxylic acids is 5. The molecule has 278 valence electrons. The van der Waals surface area contributed by atoms with E-state index in [2.05, 4.69) is 20.7 Å². The van der Waals surface area contributed by atoms with Crippen molar-refractivity contribution in [2.75, 3.05) is 37.3 Å². The van der Waals surface area contributed by atoms with Gasteiger partial charge in [-0.25, -0.2) is 17.6 Å². The number of fused-ring (bicyclic) bond motifs is 1. The number of nitrogens with zero attached hydrogens (tertiary/aromatic N) is 1. The summed E-state index contributed by atoms with van der Waals surface area (Å²) in [7, 11) is -2.61. The van der Waals surface area contributed by atoms with E-state index in [0.717, 1.165) is 29.5 Å². The predicted molar refractivity (Wildman–Crippen MR) is 192 cm³/mol. The second-order valence-corrected chi connectivity index (χ2v) is 14.1. The molecule has 16 heteroatoms. The third-order valence-corrected chi connectivity index (χ3v) is 9.40. The molecule has 1 saturated carbocycles. The van der Waals surface area contributed by atoms with Gasteiger partial charge in [0, 0.05) is 42.2 Å². The lowest BCUT2D eigenvalue weighted by Crippen LogP contribution is -2.44. The van der Waals surface area contributed by atoms with E-state index < -0.39 is 64.2 Å². The van der Waals surface area contributed by atoms with Crippen molar-refractivity contribution < 1.29 is 51.0 Å². The zero-order valence-corrected chi connectivity index (χ0v) is 29.8. The van der Waals surface area contributed by atoms with Crippen LogP contribution in [0.1, 0.15) is 57.5 Å². The molecule has 4 aromatic rings. The second-order valence-electron chi connectivity index (χ2n) is 12.2. The number of esters is 1. The number of nitrogens with one attached hydrogen (secondary N) is 3. The largest absolute Gasteiger partial charge is 0.502 e. The summed E-state index contributed by atoms with van der Waals surface area (Å²) < 4.78 is 51.7. The SMILES string of the molecule is CCOC(=O)C(O)=CC(=O)c1cccc(CNC(=O)CNC(=O)CN(c2cc3oc(-c4ccc(F)cc4)c(C(=O)NC)c3cc2C2CC2)S(C)(=O)=O)c1. The molecule has 0 bridgehead atoms. The van der Waals surface area contributed by atoms with Crippen molar-refractivity contribution in [1.29, 1.82) is 0 Å². The molecule has 0 saturated heterocycles. The highest BCUT2D eigenvalue weighted by atomic mass is 32.2. The standard InChI is InChI=1S/C37H37FN4O10S/c1-4-51-37(48)30(44)17-29(43)24-7-5-6-21(14-24)18-40-32(45)19-41-33(46)20-42(53(3,49)50)28-16-31-27(15-26(28)22-8-9-22)34(36(47)39-2)35(52-31)23-10-12-25(38)13-11-23/h5-7,10-17,22,44H,4,8-9,18-20H2,1-3H3,(H,39,47)(H,40,45)(H,41,46). The molecule has 1 aliphatic carbocycles. The Hall–Kier alpha value is -6.03. The predicted octanol–water partition coefficient (Wildman–Crippen LogP) is 3.86. The van der Waals surface area contributed by atoms with Gasteiger partial charge < -0.3 is 30.2 Å². The van der Waals surface area contributed by atoms with Crippen LogP contribution in [0, 0.1) is 5.82 Å². The van der Waals surface area contributed by atoms with Crippen LogP contribution in [0.2, 0.25) is 0 Å². The number of hydrogen-bond donors (Lipinski definition) is 4. The molecule has 5 rings (SSSR count). The summed E-state index contributed by atoms with van der Waals surface area (Å²) in [5.41, 5.74) is 2.22. The highest BCUT2D eigenvalue weighted by Gasteiger charge is 2.34. The van der Waals surface area contributed by atoms with E-state index in [-0.39, 0.29) is 47.2 Å². The first kappa shape index (κ1) is 38.2. The molecule has 0 unspecified atom stereocenters. The first-order valence-electron chi connectivity index (χ1n) is 16.5. The van der Waals surface area contributed by atoms with Gasteiger partial charge in [-0.2, -0.15) is 0 Å². The van der Waals surface area contributed by atoms with Crippen molar-refractivity contribution >= 4 is 56.2 Å². The molecule has 1 aliphatic rings. The molecule has 0 atom stereocenters. The number of halogens is 1. The molecule has 1 fully saturated rings. The number of anilines is 1. The Labute approximate surface area is 304 Å². The Morgan fingerprint density at radius 2 is 1.74 bits per heavy atom. The lowest BCUT2D eigenvalue weighted by Gasteiger charge is -2.24. The zero-order chi connectivity index (χ0) is 38.4. The van der Waals surface area contributed by atoms with Gasteiger partial charge in [0.1, 0.15) is 23.7 Å². The summed E-state index contributed by atoms with van der Waals surface area (Å²) in [5.74, 6) is -4.75. The lowest BCUT2D eigenvalue weighted by atomic mass is 10.0. The van der Waals surface area contributed by atoms with E-state index >= 15 is 0 Å². The number of aliphatic hydroxyl groups is 1. The van der Waals surface area contributed by atoms with Crippen molar-refractivity contribution in [2.45, 2.75) is 32.2 Å². The van der Waals surface area contributed by atoms with Crippen molar-refractivity contribution in [3.8, 4) is 11.3 Å². The average molecular weight is 749 g/mol. The number of carbonyl (C=O) groups is 5. The summed E-state index contributed by atoms with van der Waals surface area (Å²) in [6.45, 7) is 0.374. The highest BCUT2D eigenvalue weighted by Crippen LogP contribution is 2.48. The monoisotopic (exact) mass is 748 g/mol. The van der Waals surface area contributed by atoms with Crippen LogP contribution in [0.15, 0.2) is 76.9 Å². The highest BCUT2D eigenvalue weighted by molar-refractivity contribution is 7.92. The maximum atomic E-state index is 13.7. The fourth-order valence-corrected chi connectivity index (χ4v) is 6.42. The molecule has 1 heterocycles. The van der Waals surface area contributed by atoms with Gasteiger partial charge in [0.2, 0.25) is 27.6 Å². The fourth-order valence-electron chi connectivity index (χ4n) is 5.56. The molecule has 0 radical (unpaired) electrons. The number of ether oxygens (including phenoxy) is 1. The maximum Gasteiger partial charge on any atom is 0.373 e. The molecule has 4 N–H and O–H groups in total. The average Bonchev–Trinajstić information content (AvgIpc) is 3.91. The lowest BCUT2D eigenvalue weighted by molar-refractivity contribution is -0.141. The Morgan fingerprint density at radius 3 is 2.38 bits per heavy atom. The van der Waals surface area contributed by atoms with Crippen LogP contribution in [0.5, 0.6) is 0 Å². The summed E-state index contributed by atoms with van der Waals surface area (Å²) in [4.78, 5) is 62.9. The molecule has 0 spiro atoms. The summed E-state index contributed by atoms with van der Waals surface area (Å²) in [6.07, 6.45) is 3.19. The summed E-state index contributed by atoms with van der Waals surface area (Å²) in [5, 5.41) is 17.8. The van der Waals surface area contributed by atoms with E-state index in [1.165, 1.54) is 49.5 Å². The first-order chi connectivity index (χ1) is 25.2. The van der Waals surface area contributed by atoms with Crippen LogP contribution in [-0.2, 0) is 35.7 Å². The molecule has 3 amide bonds. The van der Waals surface area contributed by atoms with Crippen molar-refractivity contribution in [3.05, 3.63) is 101 Å². The topological polar surface area (TPSA) is 201 Å². The molecule has 14 nitrogen and oxygen atoms in total. The van der Waals surface area contributed by atoms with Gasteiger partial charge in [-0.1, -0.05) is 18.2 Å². The van der Waals surface area contributed by atoms with Gasteiger partial charge in [0.15, 0.2) is 5.78 Å². The minimum atomic E-state index is -4.07. The minimum absolute atomic E-state index is 0.0177. The Morgan fingerprint density at radius 1 is 1.02 bits per heavy atom. The molecular formula is C37H37FN4O10S. The van der Waals surface area contributed by atoms with E-state index in [0.29, 0.717) is 22.1 Å². The number of sulfonamides is 1. The number of allylic oxidation sites excluding steroid dienone is 1. The number of amides is 3. The fraction of sp³-hybridized carbons (Fsp3) is 0.270. The quantitative estimate of drug-likeness (QED) is 0.0599. The van der Waals surface area contributed by atoms with Crippen LogP contribution < -0.4 is 20.3 Å². The van der Waals surface area contributed by atoms with Gasteiger partial charge in [-0.15, -0.1) is 0 Å². The van der Waals surface area contributed by atoms with Crippen LogP contribution in [0.4, 0.5) is 10.1 Å². The van der Waals surface area contributed by atoms with Crippen LogP contribution >= 0.6 is 0 Å². The van der Waals surface area contributed by atoms with Crippen molar-refractivity contribution in [3.63, 3.8) is 0 Å². The summed E-state index contributed by atoms with van der Waals surface area (Å²) in [6, 6.07) is 14.6. The molecular weight excluding hydrogens is 711 g/mol. The normalized spacial score (nSPS) is 12.9. The second kappa shape index (κ2) is 16.1. The van der Waals surface area contributed by atoms with Gasteiger partial charge >= 0.3 is 5.97 Å². The Bertz CT molecular complexity index is 2230. The Balaban J connectivity index is 1.30. The maximum absolute atomic E-state index is 13.7. The zero-order valence-electron chi connectivity index (χ0n) is 29.0. The van der Waals surface area contributed by atoms with Crippen molar-refractivity contribution in [2.24, 2.45) is 0 Å². The third kappa shape index (κ3) is 9.26. The minimum Gasteiger partial charge on any atom is -0.502 e. The van der Waals surface area contributed by atoms with E-state index in [1.54, 1.807) is 25.1 Å². The smallest absolute Gasteiger partial charge is 0.373 e. The summed E-state index contributed by atoms with van der Waals surface area (Å²) >= 11 is 0. The van der Waals surface area contributed by atoms with Gasteiger partial charge in [-0.05, 0) is 73.2 Å². The number of hydrogen-bond acceptors (Lipinski definition) is 10. The number of ketones is 1. The van der Waals surface area contributed by atoms with E-state index in [4.69, 9.17) is 4.42 Å².